The Morgan fingerprint density at radius 2 is 1.68 bits per heavy atom. The van der Waals surface area contributed by atoms with Crippen LogP contribution in [0.25, 0.3) is 0 Å². The van der Waals surface area contributed by atoms with E-state index in [9.17, 15) is 9.59 Å². The molecule has 2 heterocycles. The normalized spacial score (nSPS) is 15.5. The summed E-state index contributed by atoms with van der Waals surface area (Å²) in [6.45, 7) is 3.87. The van der Waals surface area contributed by atoms with Crippen LogP contribution in [0.1, 0.15) is 41.7 Å². The molecule has 3 aromatic rings. The fraction of sp³-hybridized carbons (Fsp3) is 0.269. The molecule has 1 aliphatic heterocycles. The Balaban J connectivity index is 1.39. The molecular weight excluding hydrogens is 471 g/mol. The Kier molecular flexibility index (Phi) is 7.83. The third kappa shape index (κ3) is 5.95. The molecule has 0 aliphatic carbocycles. The maximum absolute atomic E-state index is 13.0. The first kappa shape index (κ1) is 24.2. The van der Waals surface area contributed by atoms with Crippen molar-refractivity contribution in [2.75, 3.05) is 23.7 Å². The van der Waals surface area contributed by atoms with Gasteiger partial charge in [-0.15, -0.1) is 0 Å². The van der Waals surface area contributed by atoms with Crippen LogP contribution in [0.15, 0.2) is 66.9 Å². The maximum Gasteiger partial charge on any atom is 0.258 e. The molecule has 1 atom stereocenters. The number of hydrogen-bond donors (Lipinski definition) is 2. The van der Waals surface area contributed by atoms with Gasteiger partial charge < -0.3 is 10.6 Å². The number of likely N-dealkylation sites (tertiary alicyclic amines) is 1. The number of anilines is 2. The zero-order valence-corrected chi connectivity index (χ0v) is 20.3. The highest BCUT2D eigenvalue weighted by Crippen LogP contribution is 2.28. The highest BCUT2D eigenvalue weighted by atomic mass is 35.5. The van der Waals surface area contributed by atoms with Gasteiger partial charge in [0.05, 0.1) is 16.3 Å². The van der Waals surface area contributed by atoms with Crippen LogP contribution in [0.4, 0.5) is 11.5 Å². The first-order valence-electron chi connectivity index (χ1n) is 11.2. The minimum Gasteiger partial charge on any atom is -0.325 e. The van der Waals surface area contributed by atoms with Crippen LogP contribution >= 0.6 is 23.2 Å². The van der Waals surface area contributed by atoms with Crippen LogP contribution in [0.2, 0.25) is 10.0 Å². The topological polar surface area (TPSA) is 74.3 Å². The van der Waals surface area contributed by atoms with Crippen molar-refractivity contribution < 1.29 is 9.59 Å². The summed E-state index contributed by atoms with van der Waals surface area (Å²) in [5.41, 5.74) is 1.96. The number of aromatic nitrogens is 1. The number of nitrogens with zero attached hydrogens (tertiary/aromatic N) is 2. The molecule has 8 heteroatoms. The molecule has 176 valence electrons. The van der Waals surface area contributed by atoms with Crippen molar-refractivity contribution in [1.82, 2.24) is 9.88 Å². The summed E-state index contributed by atoms with van der Waals surface area (Å²) < 4.78 is 0. The van der Waals surface area contributed by atoms with Crippen LogP contribution in [0.5, 0.6) is 0 Å². The first-order valence-corrected chi connectivity index (χ1v) is 12.0. The quantitative estimate of drug-likeness (QED) is 0.435. The van der Waals surface area contributed by atoms with E-state index in [0.717, 1.165) is 25.9 Å². The summed E-state index contributed by atoms with van der Waals surface area (Å²) in [7, 11) is 0. The standard InChI is InChI=1S/C26H26Cl2N4O2/c1-17(18-5-3-2-4-6-18)32-13-11-19(12-14-32)25(33)30-23-9-7-20(27)15-22(23)26(34)31-24-10-8-21(28)16-29-24/h2-10,15-17,19H,11-14H2,1H3,(H,30,33)(H,29,31,34). The van der Waals surface area contributed by atoms with Crippen molar-refractivity contribution in [3.63, 3.8) is 0 Å². The Bertz CT molecular complexity index is 1150. The SMILES string of the molecule is CC(c1ccccc1)N1CCC(C(=O)Nc2ccc(Cl)cc2C(=O)Nc2ccc(Cl)cn2)CC1. The fourth-order valence-electron chi connectivity index (χ4n) is 4.17. The molecule has 1 fully saturated rings. The number of carbonyl (C=O) groups is 2. The molecule has 2 amide bonds. The third-order valence-corrected chi connectivity index (χ3v) is 6.64. The van der Waals surface area contributed by atoms with Gasteiger partial charge in [0.1, 0.15) is 5.82 Å². The second-order valence-corrected chi connectivity index (χ2v) is 9.26. The van der Waals surface area contributed by atoms with Gasteiger partial charge in [-0.3, -0.25) is 14.5 Å². The van der Waals surface area contributed by atoms with Crippen LogP contribution < -0.4 is 10.6 Å². The lowest BCUT2D eigenvalue weighted by atomic mass is 9.93. The highest BCUT2D eigenvalue weighted by molar-refractivity contribution is 6.31. The number of benzene rings is 2. The van der Waals surface area contributed by atoms with Gasteiger partial charge in [-0.2, -0.15) is 0 Å². The number of amides is 2. The number of piperidine rings is 1. The van der Waals surface area contributed by atoms with E-state index in [-0.39, 0.29) is 17.4 Å². The zero-order valence-electron chi connectivity index (χ0n) is 18.8. The molecule has 2 N–H and O–H groups in total. The summed E-state index contributed by atoms with van der Waals surface area (Å²) in [6, 6.07) is 18.8. The molecule has 0 saturated carbocycles. The molecule has 1 unspecified atom stereocenters. The second-order valence-electron chi connectivity index (χ2n) is 8.39. The number of hydrogen-bond acceptors (Lipinski definition) is 4. The van der Waals surface area contributed by atoms with E-state index >= 15 is 0 Å². The van der Waals surface area contributed by atoms with Gasteiger partial charge in [0.2, 0.25) is 5.91 Å². The van der Waals surface area contributed by atoms with Crippen molar-refractivity contribution in [1.29, 1.82) is 0 Å². The van der Waals surface area contributed by atoms with Gasteiger partial charge in [0, 0.05) is 23.2 Å². The molecule has 0 bridgehead atoms. The van der Waals surface area contributed by atoms with E-state index < -0.39 is 5.91 Å². The van der Waals surface area contributed by atoms with Crippen molar-refractivity contribution in [2.45, 2.75) is 25.8 Å². The van der Waals surface area contributed by atoms with Gasteiger partial charge >= 0.3 is 0 Å². The second kappa shape index (κ2) is 11.0. The zero-order chi connectivity index (χ0) is 24.1. The minimum absolute atomic E-state index is 0.0898. The number of halogens is 2. The van der Waals surface area contributed by atoms with Crippen LogP contribution in [-0.4, -0.2) is 34.8 Å². The Morgan fingerprint density at radius 1 is 0.971 bits per heavy atom. The summed E-state index contributed by atoms with van der Waals surface area (Å²) in [4.78, 5) is 32.4. The molecule has 1 aromatic heterocycles. The molecule has 1 aliphatic rings. The molecule has 34 heavy (non-hydrogen) atoms. The molecule has 2 aromatic carbocycles. The van der Waals surface area contributed by atoms with Gasteiger partial charge in [0.25, 0.3) is 5.91 Å². The van der Waals surface area contributed by atoms with Gasteiger partial charge in [0.15, 0.2) is 0 Å². The largest absolute Gasteiger partial charge is 0.325 e. The Labute approximate surface area is 209 Å². The van der Waals surface area contributed by atoms with Crippen LogP contribution in [-0.2, 0) is 4.79 Å². The molecule has 1 saturated heterocycles. The van der Waals surface area contributed by atoms with Gasteiger partial charge in [-0.1, -0.05) is 53.5 Å². The summed E-state index contributed by atoms with van der Waals surface area (Å²) in [6.07, 6.45) is 2.96. The Hall–Kier alpha value is -2.93. The van der Waals surface area contributed by atoms with Gasteiger partial charge in [-0.05, 0) is 68.8 Å². The lowest BCUT2D eigenvalue weighted by Crippen LogP contribution is -2.39. The van der Waals surface area contributed by atoms with Crippen LogP contribution in [0.3, 0.4) is 0 Å². The number of rotatable bonds is 6. The van der Waals surface area contributed by atoms with E-state index in [0.29, 0.717) is 27.6 Å². The van der Waals surface area contributed by atoms with Crippen molar-refractivity contribution in [3.05, 3.63) is 88.0 Å². The number of nitrogens with one attached hydrogen (secondary N) is 2. The van der Waals surface area contributed by atoms with Crippen LogP contribution in [0, 0.1) is 5.92 Å². The third-order valence-electron chi connectivity index (χ3n) is 6.18. The van der Waals surface area contributed by atoms with E-state index in [1.807, 2.05) is 6.07 Å². The smallest absolute Gasteiger partial charge is 0.258 e. The lowest BCUT2D eigenvalue weighted by Gasteiger charge is -2.35. The van der Waals surface area contributed by atoms with E-state index in [1.165, 1.54) is 17.8 Å². The summed E-state index contributed by atoms with van der Waals surface area (Å²) in [5.74, 6) is -0.276. The van der Waals surface area contributed by atoms with E-state index in [4.69, 9.17) is 23.2 Å². The fourth-order valence-corrected chi connectivity index (χ4v) is 4.46. The minimum atomic E-state index is -0.417. The van der Waals surface area contributed by atoms with E-state index in [1.54, 1.807) is 24.3 Å². The molecule has 4 rings (SSSR count). The van der Waals surface area contributed by atoms with Crippen molar-refractivity contribution in [2.24, 2.45) is 5.92 Å². The van der Waals surface area contributed by atoms with Gasteiger partial charge in [-0.25, -0.2) is 4.98 Å². The maximum atomic E-state index is 13.0. The summed E-state index contributed by atoms with van der Waals surface area (Å²) >= 11 is 12.0. The average molecular weight is 497 g/mol. The highest BCUT2D eigenvalue weighted by Gasteiger charge is 2.28. The van der Waals surface area contributed by atoms with Crippen molar-refractivity contribution >= 4 is 46.5 Å². The molecule has 6 nitrogen and oxygen atoms in total. The first-order chi connectivity index (χ1) is 16.4. The monoisotopic (exact) mass is 496 g/mol. The molecule has 0 spiro atoms. The lowest BCUT2D eigenvalue weighted by molar-refractivity contribution is -0.121. The van der Waals surface area contributed by atoms with Crippen molar-refractivity contribution in [3.8, 4) is 0 Å². The summed E-state index contributed by atoms with van der Waals surface area (Å²) in [5, 5.41) is 6.52. The predicted molar refractivity (Wildman–Crippen MR) is 136 cm³/mol. The predicted octanol–water partition coefficient (Wildman–Crippen LogP) is 6.05. The number of carbonyl (C=O) groups excluding carboxylic acids is 2. The average Bonchev–Trinajstić information content (AvgIpc) is 2.86. The molecule has 0 radical (unpaired) electrons. The molecular formula is C26H26Cl2N4O2. The number of pyridine rings is 1. The Morgan fingerprint density at radius 3 is 2.35 bits per heavy atom. The van der Waals surface area contributed by atoms with E-state index in [2.05, 4.69) is 51.7 Å².